The Morgan fingerprint density at radius 1 is 0.304 bits per heavy atom. The number of rotatable bonds is 48. The van der Waals surface area contributed by atoms with E-state index in [9.17, 15) is 14.4 Å². The van der Waals surface area contributed by atoms with Crippen LogP contribution in [0.2, 0.25) is 0 Å². The average molecular weight is 953 g/mol. The van der Waals surface area contributed by atoms with Gasteiger partial charge in [0.15, 0.2) is 6.10 Å². The van der Waals surface area contributed by atoms with E-state index in [2.05, 4.69) is 45.1 Å². The van der Waals surface area contributed by atoms with Gasteiger partial charge in [-0.25, -0.2) is 0 Å². The lowest BCUT2D eigenvalue weighted by atomic mass is 10.0. The molecular weight excluding hydrogens is 853 g/mol. The SMILES string of the molecule is CC/C=C/C=C/C=C/C=C/C=C/C=C/C=C/CCCCCC(=O)OCC(COC(=O)CCCCC/C=C/C=C/C=C/C=C/CC)OC(=O)CCCCCCCCCCCCCCCCCCCCC. The van der Waals surface area contributed by atoms with Crippen LogP contribution < -0.4 is 0 Å². The van der Waals surface area contributed by atoms with E-state index in [0.29, 0.717) is 19.3 Å². The fraction of sp³-hybridized carbons (Fsp3) is 0.603. The lowest BCUT2D eigenvalue weighted by Crippen LogP contribution is -2.30. The molecule has 0 radical (unpaired) electrons. The van der Waals surface area contributed by atoms with Crippen molar-refractivity contribution in [1.29, 1.82) is 0 Å². The number of carbonyl (C=O) groups excluding carboxylic acids is 3. The summed E-state index contributed by atoms with van der Waals surface area (Å²) in [6.07, 6.45) is 78.7. The van der Waals surface area contributed by atoms with E-state index in [0.717, 1.165) is 83.5 Å². The molecule has 0 saturated heterocycles. The van der Waals surface area contributed by atoms with Crippen molar-refractivity contribution >= 4 is 17.9 Å². The lowest BCUT2D eigenvalue weighted by molar-refractivity contribution is -0.167. The number of ether oxygens (including phenoxy) is 3. The van der Waals surface area contributed by atoms with Gasteiger partial charge < -0.3 is 14.2 Å². The molecule has 6 heteroatoms. The molecule has 388 valence electrons. The fourth-order valence-electron chi connectivity index (χ4n) is 7.32. The Hall–Kier alpha value is -4.45. The van der Waals surface area contributed by atoms with E-state index < -0.39 is 6.10 Å². The summed E-state index contributed by atoms with van der Waals surface area (Å²) in [5.41, 5.74) is 0. The summed E-state index contributed by atoms with van der Waals surface area (Å²) in [5.74, 6) is -0.999. The highest BCUT2D eigenvalue weighted by molar-refractivity contribution is 5.71. The Morgan fingerprint density at radius 3 is 0.884 bits per heavy atom. The van der Waals surface area contributed by atoms with Gasteiger partial charge in [-0.2, -0.15) is 0 Å². The second kappa shape index (κ2) is 56.1. The van der Waals surface area contributed by atoms with Crippen LogP contribution in [0, 0.1) is 0 Å². The molecule has 0 aromatic rings. The van der Waals surface area contributed by atoms with Gasteiger partial charge in [0.25, 0.3) is 0 Å². The molecule has 0 fully saturated rings. The maximum atomic E-state index is 12.9. The summed E-state index contributed by atoms with van der Waals surface area (Å²) in [5, 5.41) is 0. The van der Waals surface area contributed by atoms with Gasteiger partial charge >= 0.3 is 17.9 Å². The van der Waals surface area contributed by atoms with Crippen LogP contribution in [0.25, 0.3) is 0 Å². The molecule has 0 rings (SSSR count). The topological polar surface area (TPSA) is 78.9 Å². The average Bonchev–Trinajstić information content (AvgIpc) is 3.35. The summed E-state index contributed by atoms with van der Waals surface area (Å²) < 4.78 is 16.8. The van der Waals surface area contributed by atoms with E-state index in [-0.39, 0.29) is 31.1 Å². The smallest absolute Gasteiger partial charge is 0.306 e. The van der Waals surface area contributed by atoms with Gasteiger partial charge in [-0.3, -0.25) is 14.4 Å². The van der Waals surface area contributed by atoms with Crippen LogP contribution in [-0.4, -0.2) is 37.2 Å². The van der Waals surface area contributed by atoms with Crippen molar-refractivity contribution in [2.75, 3.05) is 13.2 Å². The van der Waals surface area contributed by atoms with Crippen molar-refractivity contribution in [3.63, 3.8) is 0 Å². The van der Waals surface area contributed by atoms with Gasteiger partial charge in [-0.05, 0) is 57.8 Å². The molecule has 1 atom stereocenters. The molecule has 0 aliphatic heterocycles. The zero-order valence-corrected chi connectivity index (χ0v) is 44.3. The van der Waals surface area contributed by atoms with E-state index in [4.69, 9.17) is 14.2 Å². The molecular formula is C63H100O6. The van der Waals surface area contributed by atoms with E-state index in [1.54, 1.807) is 0 Å². The minimum Gasteiger partial charge on any atom is -0.462 e. The summed E-state index contributed by atoms with van der Waals surface area (Å²) in [6, 6.07) is 0. The third kappa shape index (κ3) is 54.4. The van der Waals surface area contributed by atoms with Crippen LogP contribution in [0.15, 0.2) is 134 Å². The molecule has 0 aromatic heterocycles. The lowest BCUT2D eigenvalue weighted by Gasteiger charge is -2.18. The van der Waals surface area contributed by atoms with Gasteiger partial charge in [-0.15, -0.1) is 0 Å². The number of carbonyl (C=O) groups is 3. The molecule has 0 spiro atoms. The summed E-state index contributed by atoms with van der Waals surface area (Å²) in [7, 11) is 0. The molecule has 0 saturated carbocycles. The van der Waals surface area contributed by atoms with Gasteiger partial charge in [0, 0.05) is 19.3 Å². The molecule has 0 amide bonds. The number of hydrogen-bond donors (Lipinski definition) is 0. The minimum absolute atomic E-state index is 0.116. The molecule has 1 unspecified atom stereocenters. The standard InChI is InChI=1S/C63H100O6/c1-4-7-10-13-16-19-22-25-27-29-31-33-35-38-41-44-47-50-53-56-62(65)68-59-60(58-67-61(64)55-52-49-46-43-40-37-24-21-18-15-12-9-6-3)69-63(66)57-54-51-48-45-42-39-36-34-32-30-28-26-23-20-17-14-11-8-5-2/h7,9-10,12-13,15-16,18-19,21-22,24-25,27,29,31,33,35,37-38,40-41,60H,4-6,8,11,14,17,20,23,26,28,30,32,34,36,39,42-59H2,1-3H3/b10-7+,12-9+,16-13+,18-15+,22-19+,24-21+,27-25+,31-29+,35-33+,40-37+,41-38+. The molecule has 6 nitrogen and oxygen atoms in total. The van der Waals surface area contributed by atoms with Gasteiger partial charge in [-0.1, -0.05) is 283 Å². The van der Waals surface area contributed by atoms with Crippen LogP contribution in [0.5, 0.6) is 0 Å². The van der Waals surface area contributed by atoms with Crippen molar-refractivity contribution in [3.8, 4) is 0 Å². The van der Waals surface area contributed by atoms with E-state index in [1.165, 1.54) is 103 Å². The van der Waals surface area contributed by atoms with Crippen molar-refractivity contribution in [2.45, 2.75) is 232 Å². The third-order valence-corrected chi connectivity index (χ3v) is 11.4. The second-order valence-electron chi connectivity index (χ2n) is 18.0. The first kappa shape index (κ1) is 64.5. The van der Waals surface area contributed by atoms with Crippen LogP contribution in [0.1, 0.15) is 226 Å². The number of unbranched alkanes of at least 4 members (excludes halogenated alkanes) is 24. The fourth-order valence-corrected chi connectivity index (χ4v) is 7.32. The maximum absolute atomic E-state index is 12.9. The van der Waals surface area contributed by atoms with Crippen molar-refractivity contribution in [2.24, 2.45) is 0 Å². The number of hydrogen-bond acceptors (Lipinski definition) is 6. The molecule has 0 bridgehead atoms. The highest BCUT2D eigenvalue weighted by Crippen LogP contribution is 2.16. The molecule has 0 aliphatic rings. The Labute approximate surface area is 424 Å². The normalized spacial score (nSPS) is 13.1. The van der Waals surface area contributed by atoms with Crippen LogP contribution in [-0.2, 0) is 28.6 Å². The zero-order chi connectivity index (χ0) is 50.0. The largest absolute Gasteiger partial charge is 0.462 e. The Kier molecular flexibility index (Phi) is 52.5. The maximum Gasteiger partial charge on any atom is 0.306 e. The van der Waals surface area contributed by atoms with E-state index in [1.807, 2.05) is 109 Å². The first-order chi connectivity index (χ1) is 34.0. The zero-order valence-electron chi connectivity index (χ0n) is 44.3. The molecule has 69 heavy (non-hydrogen) atoms. The Balaban J connectivity index is 4.51. The van der Waals surface area contributed by atoms with Crippen molar-refractivity contribution < 1.29 is 28.6 Å². The summed E-state index contributed by atoms with van der Waals surface area (Å²) in [4.78, 5) is 38.1. The predicted octanol–water partition coefficient (Wildman–Crippen LogP) is 18.6. The van der Waals surface area contributed by atoms with Crippen LogP contribution in [0.4, 0.5) is 0 Å². The quantitative estimate of drug-likeness (QED) is 0.0262. The van der Waals surface area contributed by atoms with Crippen LogP contribution in [0.3, 0.4) is 0 Å². The first-order valence-corrected chi connectivity index (χ1v) is 27.8. The molecule has 0 N–H and O–H groups in total. The molecule has 0 aliphatic carbocycles. The monoisotopic (exact) mass is 953 g/mol. The Bertz CT molecular complexity index is 1510. The first-order valence-electron chi connectivity index (χ1n) is 27.8. The highest BCUT2D eigenvalue weighted by Gasteiger charge is 2.19. The summed E-state index contributed by atoms with van der Waals surface area (Å²) >= 11 is 0. The number of esters is 3. The van der Waals surface area contributed by atoms with Gasteiger partial charge in [0.2, 0.25) is 0 Å². The minimum atomic E-state index is -0.817. The van der Waals surface area contributed by atoms with Gasteiger partial charge in [0.1, 0.15) is 13.2 Å². The van der Waals surface area contributed by atoms with Crippen LogP contribution >= 0.6 is 0 Å². The van der Waals surface area contributed by atoms with Crippen molar-refractivity contribution in [3.05, 3.63) is 134 Å². The van der Waals surface area contributed by atoms with Gasteiger partial charge in [0.05, 0.1) is 0 Å². The van der Waals surface area contributed by atoms with Crippen molar-refractivity contribution in [1.82, 2.24) is 0 Å². The second-order valence-corrected chi connectivity index (χ2v) is 18.0. The summed E-state index contributed by atoms with van der Waals surface area (Å²) in [6.45, 7) is 6.28. The predicted molar refractivity (Wildman–Crippen MR) is 297 cm³/mol. The molecule has 0 heterocycles. The van der Waals surface area contributed by atoms with E-state index >= 15 is 0 Å². The third-order valence-electron chi connectivity index (χ3n) is 11.4. The number of allylic oxidation sites excluding steroid dienone is 22. The molecule has 0 aromatic carbocycles. The Morgan fingerprint density at radius 2 is 0.565 bits per heavy atom. The highest BCUT2D eigenvalue weighted by atomic mass is 16.6.